The molecule has 2 rings (SSSR count). The second-order valence-corrected chi connectivity index (χ2v) is 5.14. The number of hydrogen-bond acceptors (Lipinski definition) is 2. The van der Waals surface area contributed by atoms with E-state index in [1.807, 2.05) is 44.3 Å². The van der Waals surface area contributed by atoms with Crippen LogP contribution in [-0.4, -0.2) is 13.7 Å². The molecule has 0 saturated carbocycles. The molecule has 0 aromatic heterocycles. The predicted octanol–water partition coefficient (Wildman–Crippen LogP) is 4.23. The number of benzene rings is 2. The largest absolute Gasteiger partial charge is 0.494 e. The second-order valence-electron chi connectivity index (χ2n) is 5.14. The molecule has 0 aliphatic heterocycles. The van der Waals surface area contributed by atoms with Gasteiger partial charge < -0.3 is 10.1 Å². The van der Waals surface area contributed by atoms with Crippen LogP contribution in [0.2, 0.25) is 0 Å². The molecule has 3 heteroatoms. The molecule has 0 amide bonds. The third kappa shape index (κ3) is 3.82. The lowest BCUT2D eigenvalue weighted by atomic mass is 9.95. The average molecular weight is 287 g/mol. The molecular formula is C18H22FNO. The number of aryl methyl sites for hydroxylation is 1. The highest BCUT2D eigenvalue weighted by Crippen LogP contribution is 2.27. The van der Waals surface area contributed by atoms with E-state index in [0.717, 1.165) is 28.9 Å². The maximum Gasteiger partial charge on any atom is 0.123 e. The Kier molecular flexibility index (Phi) is 5.34. The fourth-order valence-corrected chi connectivity index (χ4v) is 2.43. The number of rotatable bonds is 6. The lowest BCUT2D eigenvalue weighted by Crippen LogP contribution is -2.19. The molecule has 0 radical (unpaired) electrons. The minimum absolute atomic E-state index is 0.0501. The quantitative estimate of drug-likeness (QED) is 0.858. The van der Waals surface area contributed by atoms with E-state index in [1.54, 1.807) is 6.07 Å². The van der Waals surface area contributed by atoms with E-state index in [-0.39, 0.29) is 11.9 Å². The van der Waals surface area contributed by atoms with Gasteiger partial charge in [-0.2, -0.15) is 0 Å². The second kappa shape index (κ2) is 7.23. The van der Waals surface area contributed by atoms with E-state index in [4.69, 9.17) is 4.74 Å². The topological polar surface area (TPSA) is 21.3 Å². The van der Waals surface area contributed by atoms with Gasteiger partial charge >= 0.3 is 0 Å². The zero-order valence-corrected chi connectivity index (χ0v) is 12.8. The van der Waals surface area contributed by atoms with E-state index >= 15 is 0 Å². The van der Waals surface area contributed by atoms with E-state index in [9.17, 15) is 4.39 Å². The van der Waals surface area contributed by atoms with Crippen LogP contribution in [0.25, 0.3) is 0 Å². The van der Waals surface area contributed by atoms with Gasteiger partial charge in [-0.05, 0) is 61.3 Å². The van der Waals surface area contributed by atoms with Gasteiger partial charge in [-0.25, -0.2) is 4.39 Å². The molecule has 0 heterocycles. The smallest absolute Gasteiger partial charge is 0.123 e. The Labute approximate surface area is 126 Å². The van der Waals surface area contributed by atoms with Crippen molar-refractivity contribution in [2.45, 2.75) is 26.3 Å². The van der Waals surface area contributed by atoms with Crippen molar-refractivity contribution in [1.29, 1.82) is 0 Å². The molecule has 0 fully saturated rings. The van der Waals surface area contributed by atoms with Crippen LogP contribution >= 0.6 is 0 Å². The van der Waals surface area contributed by atoms with Crippen LogP contribution in [0.5, 0.6) is 5.75 Å². The van der Waals surface area contributed by atoms with Crippen LogP contribution in [-0.2, 0) is 0 Å². The third-order valence-corrected chi connectivity index (χ3v) is 3.51. The molecule has 2 nitrogen and oxygen atoms in total. The van der Waals surface area contributed by atoms with Gasteiger partial charge in [0.15, 0.2) is 0 Å². The fourth-order valence-electron chi connectivity index (χ4n) is 2.43. The summed E-state index contributed by atoms with van der Waals surface area (Å²) >= 11 is 0. The summed E-state index contributed by atoms with van der Waals surface area (Å²) in [5, 5.41) is 3.26. The Morgan fingerprint density at radius 1 is 1.19 bits per heavy atom. The maximum atomic E-state index is 13.6. The van der Waals surface area contributed by atoms with Crippen molar-refractivity contribution in [3.63, 3.8) is 0 Å². The molecule has 0 spiro atoms. The monoisotopic (exact) mass is 287 g/mol. The van der Waals surface area contributed by atoms with E-state index in [1.165, 1.54) is 6.07 Å². The Morgan fingerprint density at radius 2 is 2.00 bits per heavy atom. The molecule has 2 aromatic carbocycles. The molecule has 21 heavy (non-hydrogen) atoms. The number of nitrogens with one attached hydrogen (secondary N) is 1. The first-order valence-electron chi connectivity index (χ1n) is 7.31. The molecule has 1 atom stereocenters. The SMILES string of the molecule is CCCOc1cccc(C(NC)c2cc(F)ccc2C)c1. The van der Waals surface area contributed by atoms with Crippen molar-refractivity contribution < 1.29 is 9.13 Å². The molecule has 1 unspecified atom stereocenters. The molecule has 0 aliphatic carbocycles. The average Bonchev–Trinajstić information content (AvgIpc) is 2.50. The molecule has 2 aromatic rings. The molecule has 0 aliphatic rings. The summed E-state index contributed by atoms with van der Waals surface area (Å²) in [4.78, 5) is 0. The first-order valence-corrected chi connectivity index (χ1v) is 7.31. The van der Waals surface area contributed by atoms with Crippen molar-refractivity contribution >= 4 is 0 Å². The van der Waals surface area contributed by atoms with Crippen LogP contribution in [0.4, 0.5) is 4.39 Å². The minimum atomic E-state index is -0.214. The molecule has 0 saturated heterocycles. The Morgan fingerprint density at radius 3 is 2.71 bits per heavy atom. The number of ether oxygens (including phenoxy) is 1. The van der Waals surface area contributed by atoms with E-state index < -0.39 is 0 Å². The van der Waals surface area contributed by atoms with Gasteiger partial charge in [0.05, 0.1) is 12.6 Å². The number of halogens is 1. The predicted molar refractivity (Wildman–Crippen MR) is 84.3 cm³/mol. The summed E-state index contributed by atoms with van der Waals surface area (Å²) in [7, 11) is 1.88. The summed E-state index contributed by atoms with van der Waals surface area (Å²) in [6.45, 7) is 4.78. The Balaban J connectivity index is 2.34. The Bertz CT molecular complexity index is 598. The van der Waals surface area contributed by atoms with Crippen LogP contribution < -0.4 is 10.1 Å². The molecule has 0 bridgehead atoms. The molecule has 112 valence electrons. The van der Waals surface area contributed by atoms with Crippen LogP contribution in [0, 0.1) is 12.7 Å². The Hall–Kier alpha value is -1.87. The zero-order valence-electron chi connectivity index (χ0n) is 12.8. The lowest BCUT2D eigenvalue weighted by molar-refractivity contribution is 0.317. The molecular weight excluding hydrogens is 265 g/mol. The van der Waals surface area contributed by atoms with E-state index in [2.05, 4.69) is 12.2 Å². The number of hydrogen-bond donors (Lipinski definition) is 1. The van der Waals surface area contributed by atoms with Crippen molar-refractivity contribution in [3.05, 3.63) is 65.0 Å². The fraction of sp³-hybridized carbons (Fsp3) is 0.333. The van der Waals surface area contributed by atoms with Crippen molar-refractivity contribution in [2.24, 2.45) is 0 Å². The highest BCUT2D eigenvalue weighted by molar-refractivity contribution is 5.40. The standard InChI is InChI=1S/C18H22FNO/c1-4-10-21-16-7-5-6-14(11-16)18(20-3)17-12-15(19)9-8-13(17)2/h5-9,11-12,18,20H,4,10H2,1-3H3. The van der Waals surface area contributed by atoms with Gasteiger partial charge in [-0.3, -0.25) is 0 Å². The van der Waals surface area contributed by atoms with Gasteiger partial charge in [0, 0.05) is 0 Å². The first kappa shape index (κ1) is 15.5. The van der Waals surface area contributed by atoms with Crippen molar-refractivity contribution in [1.82, 2.24) is 5.32 Å². The van der Waals surface area contributed by atoms with Crippen molar-refractivity contribution in [2.75, 3.05) is 13.7 Å². The summed E-state index contributed by atoms with van der Waals surface area (Å²) in [5.74, 6) is 0.637. The summed E-state index contributed by atoms with van der Waals surface area (Å²) < 4.78 is 19.2. The van der Waals surface area contributed by atoms with Gasteiger partial charge in [-0.1, -0.05) is 25.1 Å². The van der Waals surface area contributed by atoms with Gasteiger partial charge in [0.25, 0.3) is 0 Å². The van der Waals surface area contributed by atoms with Crippen LogP contribution in [0.3, 0.4) is 0 Å². The highest BCUT2D eigenvalue weighted by atomic mass is 19.1. The van der Waals surface area contributed by atoms with Crippen LogP contribution in [0.15, 0.2) is 42.5 Å². The van der Waals surface area contributed by atoms with Crippen molar-refractivity contribution in [3.8, 4) is 5.75 Å². The molecule has 1 N–H and O–H groups in total. The van der Waals surface area contributed by atoms with E-state index in [0.29, 0.717) is 6.61 Å². The summed E-state index contributed by atoms with van der Waals surface area (Å²) in [6, 6.07) is 12.8. The van der Waals surface area contributed by atoms with Gasteiger partial charge in [0.2, 0.25) is 0 Å². The third-order valence-electron chi connectivity index (χ3n) is 3.51. The van der Waals surface area contributed by atoms with Gasteiger partial charge in [0.1, 0.15) is 11.6 Å². The zero-order chi connectivity index (χ0) is 15.2. The minimum Gasteiger partial charge on any atom is -0.494 e. The summed E-state index contributed by atoms with van der Waals surface area (Å²) in [6.07, 6.45) is 0.975. The maximum absolute atomic E-state index is 13.6. The first-order chi connectivity index (χ1) is 10.2. The van der Waals surface area contributed by atoms with Crippen LogP contribution in [0.1, 0.15) is 36.1 Å². The lowest BCUT2D eigenvalue weighted by Gasteiger charge is -2.20. The highest BCUT2D eigenvalue weighted by Gasteiger charge is 2.15. The summed E-state index contributed by atoms with van der Waals surface area (Å²) in [5.41, 5.74) is 3.08. The van der Waals surface area contributed by atoms with Gasteiger partial charge in [-0.15, -0.1) is 0 Å². The normalized spacial score (nSPS) is 12.2.